The fraction of sp³-hybridized carbons (Fsp3) is 0.619. The molecule has 0 saturated heterocycles. The van der Waals surface area contributed by atoms with E-state index in [0.717, 1.165) is 19.3 Å². The number of unbranched alkanes of at least 4 members (excludes halogenated alkanes) is 6. The number of hydrogen-bond donors (Lipinski definition) is 1. The highest BCUT2D eigenvalue weighted by Gasteiger charge is 2.30. The molecule has 0 heterocycles. The first-order chi connectivity index (χ1) is 12.6. The van der Waals surface area contributed by atoms with Crippen molar-refractivity contribution in [2.75, 3.05) is 6.61 Å². The Balaban J connectivity index is 0.00000676. The third kappa shape index (κ3) is 10.4. The second-order valence-electron chi connectivity index (χ2n) is 6.47. The third-order valence-electron chi connectivity index (χ3n) is 4.26. The molecule has 1 aromatic carbocycles. The van der Waals surface area contributed by atoms with Gasteiger partial charge in [-0.05, 0) is 18.9 Å². The first kappa shape index (κ1) is 25.4. The SMILES string of the molecule is CCCCCCCCCC(=O)O[C@@H](c1ccccc1)[C@@H](N)C(=O)OCC.Cl. The van der Waals surface area contributed by atoms with Crippen molar-refractivity contribution in [3.8, 4) is 0 Å². The highest BCUT2D eigenvalue weighted by atomic mass is 35.5. The molecule has 0 amide bonds. The average molecular weight is 400 g/mol. The second kappa shape index (κ2) is 15.5. The van der Waals surface area contributed by atoms with Crippen molar-refractivity contribution in [2.45, 2.75) is 77.4 Å². The molecule has 0 radical (unpaired) electrons. The molecule has 2 N–H and O–H groups in total. The van der Waals surface area contributed by atoms with Gasteiger partial charge in [-0.25, -0.2) is 0 Å². The van der Waals surface area contributed by atoms with Gasteiger partial charge in [0.2, 0.25) is 0 Å². The van der Waals surface area contributed by atoms with Gasteiger partial charge < -0.3 is 15.2 Å². The van der Waals surface area contributed by atoms with E-state index in [1.807, 2.05) is 18.2 Å². The maximum Gasteiger partial charge on any atom is 0.327 e. The number of nitrogens with two attached hydrogens (primary N) is 1. The van der Waals surface area contributed by atoms with E-state index >= 15 is 0 Å². The highest BCUT2D eigenvalue weighted by molar-refractivity contribution is 5.85. The summed E-state index contributed by atoms with van der Waals surface area (Å²) in [6.45, 7) is 4.15. The van der Waals surface area contributed by atoms with Gasteiger partial charge in [0.05, 0.1) is 6.61 Å². The van der Waals surface area contributed by atoms with Crippen LogP contribution in [-0.2, 0) is 19.1 Å². The fourth-order valence-corrected chi connectivity index (χ4v) is 2.78. The number of halogens is 1. The van der Waals surface area contributed by atoms with Crippen LogP contribution in [0.4, 0.5) is 0 Å². The summed E-state index contributed by atoms with van der Waals surface area (Å²) in [4.78, 5) is 24.2. The predicted octanol–water partition coefficient (Wildman–Crippen LogP) is 4.72. The Morgan fingerprint density at radius 3 is 2.15 bits per heavy atom. The summed E-state index contributed by atoms with van der Waals surface area (Å²) < 4.78 is 10.5. The molecule has 0 spiro atoms. The van der Waals surface area contributed by atoms with Gasteiger partial charge in [0.15, 0.2) is 6.10 Å². The molecule has 27 heavy (non-hydrogen) atoms. The van der Waals surface area contributed by atoms with E-state index in [9.17, 15) is 9.59 Å². The maximum absolute atomic E-state index is 12.2. The molecule has 0 aromatic heterocycles. The molecule has 2 atom stereocenters. The first-order valence-corrected chi connectivity index (χ1v) is 9.76. The zero-order chi connectivity index (χ0) is 19.2. The molecule has 5 nitrogen and oxygen atoms in total. The van der Waals surface area contributed by atoms with E-state index in [0.29, 0.717) is 12.0 Å². The van der Waals surface area contributed by atoms with Crippen LogP contribution >= 0.6 is 12.4 Å². The molecule has 154 valence electrons. The molecule has 6 heteroatoms. The number of carbonyl (C=O) groups excluding carboxylic acids is 2. The lowest BCUT2D eigenvalue weighted by Crippen LogP contribution is -2.40. The highest BCUT2D eigenvalue weighted by Crippen LogP contribution is 2.22. The Hall–Kier alpha value is -1.59. The van der Waals surface area contributed by atoms with Crippen molar-refractivity contribution >= 4 is 24.3 Å². The zero-order valence-corrected chi connectivity index (χ0v) is 17.3. The van der Waals surface area contributed by atoms with E-state index in [1.54, 1.807) is 19.1 Å². The monoisotopic (exact) mass is 399 g/mol. The molecule has 0 bridgehead atoms. The van der Waals surface area contributed by atoms with Crippen molar-refractivity contribution in [3.63, 3.8) is 0 Å². The number of rotatable bonds is 13. The summed E-state index contributed by atoms with van der Waals surface area (Å²) in [5, 5.41) is 0. The standard InChI is InChI=1S/C21H33NO4.ClH/c1-3-5-6-7-8-9-13-16-18(23)26-20(17-14-11-10-12-15-17)19(22)21(24)25-4-2;/h10-12,14-15,19-20H,3-9,13,16,22H2,1-2H3;1H/t19-,20+;/m1./s1. The van der Waals surface area contributed by atoms with E-state index in [2.05, 4.69) is 6.92 Å². The van der Waals surface area contributed by atoms with E-state index in [1.165, 1.54) is 25.7 Å². The van der Waals surface area contributed by atoms with Gasteiger partial charge in [-0.3, -0.25) is 9.59 Å². The lowest BCUT2D eigenvalue weighted by Gasteiger charge is -2.23. The number of carbonyl (C=O) groups is 2. The third-order valence-corrected chi connectivity index (χ3v) is 4.26. The van der Waals surface area contributed by atoms with E-state index in [4.69, 9.17) is 15.2 Å². The molecule has 0 aliphatic rings. The number of esters is 2. The molecule has 0 aliphatic carbocycles. The normalized spacial score (nSPS) is 12.6. The number of ether oxygens (including phenoxy) is 2. The predicted molar refractivity (Wildman–Crippen MR) is 110 cm³/mol. The minimum atomic E-state index is -1.03. The van der Waals surface area contributed by atoms with Crippen LogP contribution in [0.1, 0.15) is 76.9 Å². The van der Waals surface area contributed by atoms with Gasteiger partial charge in [0.1, 0.15) is 6.04 Å². The van der Waals surface area contributed by atoms with Crippen LogP contribution in [0.2, 0.25) is 0 Å². The lowest BCUT2D eigenvalue weighted by molar-refractivity contribution is -0.157. The summed E-state index contributed by atoms with van der Waals surface area (Å²) >= 11 is 0. The minimum Gasteiger partial charge on any atom is -0.465 e. The van der Waals surface area contributed by atoms with Gasteiger partial charge in [0, 0.05) is 6.42 Å². The van der Waals surface area contributed by atoms with Crippen LogP contribution in [0.3, 0.4) is 0 Å². The van der Waals surface area contributed by atoms with Gasteiger partial charge in [-0.15, -0.1) is 12.4 Å². The van der Waals surface area contributed by atoms with E-state index < -0.39 is 18.1 Å². The first-order valence-electron chi connectivity index (χ1n) is 9.76. The molecule has 0 unspecified atom stereocenters. The van der Waals surface area contributed by atoms with Crippen molar-refractivity contribution in [2.24, 2.45) is 5.73 Å². The molecule has 0 saturated carbocycles. The van der Waals surface area contributed by atoms with Gasteiger partial charge >= 0.3 is 11.9 Å². The van der Waals surface area contributed by atoms with Crippen LogP contribution in [0, 0.1) is 0 Å². The van der Waals surface area contributed by atoms with Crippen LogP contribution < -0.4 is 5.73 Å². The van der Waals surface area contributed by atoms with Gasteiger partial charge in [0.25, 0.3) is 0 Å². The Morgan fingerprint density at radius 1 is 0.963 bits per heavy atom. The largest absolute Gasteiger partial charge is 0.465 e. The van der Waals surface area contributed by atoms with E-state index in [-0.39, 0.29) is 25.0 Å². The summed E-state index contributed by atoms with van der Waals surface area (Å²) in [5.74, 6) is -0.891. The van der Waals surface area contributed by atoms with Crippen LogP contribution in [0.25, 0.3) is 0 Å². The quantitative estimate of drug-likeness (QED) is 0.383. The van der Waals surface area contributed by atoms with Crippen LogP contribution in [0.5, 0.6) is 0 Å². The van der Waals surface area contributed by atoms with Gasteiger partial charge in [-0.1, -0.05) is 75.8 Å². The summed E-state index contributed by atoms with van der Waals surface area (Å²) in [6.07, 6.45) is 7.42. The summed E-state index contributed by atoms with van der Waals surface area (Å²) in [7, 11) is 0. The van der Waals surface area contributed by atoms with Crippen molar-refractivity contribution in [3.05, 3.63) is 35.9 Å². The summed E-state index contributed by atoms with van der Waals surface area (Å²) in [6, 6.07) is 8.07. The molecular formula is C21H34ClNO4. The van der Waals surface area contributed by atoms with Crippen molar-refractivity contribution < 1.29 is 19.1 Å². The average Bonchev–Trinajstić information content (AvgIpc) is 2.65. The van der Waals surface area contributed by atoms with Crippen molar-refractivity contribution in [1.82, 2.24) is 0 Å². The second-order valence-corrected chi connectivity index (χ2v) is 6.47. The molecule has 0 aliphatic heterocycles. The Bertz CT molecular complexity index is 524. The lowest BCUT2D eigenvalue weighted by atomic mass is 10.0. The van der Waals surface area contributed by atoms with Crippen molar-refractivity contribution in [1.29, 1.82) is 0 Å². The molecule has 1 rings (SSSR count). The smallest absolute Gasteiger partial charge is 0.327 e. The van der Waals surface area contributed by atoms with Crippen LogP contribution in [-0.4, -0.2) is 24.6 Å². The maximum atomic E-state index is 12.2. The Labute approximate surface area is 169 Å². The molecule has 1 aromatic rings. The Morgan fingerprint density at radius 2 is 1.56 bits per heavy atom. The van der Waals surface area contributed by atoms with Crippen LogP contribution in [0.15, 0.2) is 30.3 Å². The topological polar surface area (TPSA) is 78.6 Å². The van der Waals surface area contributed by atoms with Gasteiger partial charge in [-0.2, -0.15) is 0 Å². The minimum absolute atomic E-state index is 0. The zero-order valence-electron chi connectivity index (χ0n) is 16.5. The number of hydrogen-bond acceptors (Lipinski definition) is 5. The number of benzene rings is 1. The molecule has 0 fully saturated rings. The fourth-order valence-electron chi connectivity index (χ4n) is 2.78. The molecular weight excluding hydrogens is 366 g/mol. The summed E-state index contributed by atoms with van der Waals surface area (Å²) in [5.41, 5.74) is 6.69. The Kier molecular flexibility index (Phi) is 14.6.